The van der Waals surface area contributed by atoms with Crippen molar-refractivity contribution < 1.29 is 9.53 Å². The maximum Gasteiger partial charge on any atom is 0.325 e. The molecular formula is C15H24N2O2S. The van der Waals surface area contributed by atoms with E-state index in [1.54, 1.807) is 0 Å². The Labute approximate surface area is 126 Å². The molecule has 112 valence electrons. The fourth-order valence-corrected chi connectivity index (χ4v) is 4.94. The SMILES string of the molecule is CCOC(=O)CNC(=S)NC1C2CC3CC(C2)CC1C3. The smallest absolute Gasteiger partial charge is 0.325 e. The van der Waals surface area contributed by atoms with Crippen LogP contribution in [0.3, 0.4) is 0 Å². The van der Waals surface area contributed by atoms with Crippen molar-refractivity contribution in [2.45, 2.75) is 45.1 Å². The molecule has 0 aliphatic heterocycles. The van der Waals surface area contributed by atoms with Crippen LogP contribution in [0.1, 0.15) is 39.0 Å². The standard InChI is InChI=1S/C15H24N2O2S/c1-2-19-13(18)8-16-15(20)17-14-11-4-9-3-10(6-11)7-12(14)5-9/h9-12,14H,2-8H2,1H3,(H2,16,17,20). The lowest BCUT2D eigenvalue weighted by Gasteiger charge is -2.54. The van der Waals surface area contributed by atoms with E-state index in [0.717, 1.165) is 23.7 Å². The van der Waals surface area contributed by atoms with E-state index in [2.05, 4.69) is 10.6 Å². The summed E-state index contributed by atoms with van der Waals surface area (Å²) in [4.78, 5) is 11.3. The first-order valence-electron chi connectivity index (χ1n) is 7.85. The summed E-state index contributed by atoms with van der Waals surface area (Å²) in [6, 6.07) is 0.519. The molecule has 0 unspecified atom stereocenters. The Bertz CT molecular complexity index is 371. The summed E-state index contributed by atoms with van der Waals surface area (Å²) < 4.78 is 4.89. The van der Waals surface area contributed by atoms with Crippen molar-refractivity contribution >= 4 is 23.3 Å². The van der Waals surface area contributed by atoms with Crippen molar-refractivity contribution in [2.75, 3.05) is 13.2 Å². The molecule has 0 spiro atoms. The van der Waals surface area contributed by atoms with Crippen molar-refractivity contribution in [1.29, 1.82) is 0 Å². The Kier molecular flexibility index (Phi) is 4.15. The van der Waals surface area contributed by atoms with E-state index in [-0.39, 0.29) is 12.5 Å². The monoisotopic (exact) mass is 296 g/mol. The van der Waals surface area contributed by atoms with Crippen LogP contribution in [0.5, 0.6) is 0 Å². The number of carbonyl (C=O) groups is 1. The van der Waals surface area contributed by atoms with Crippen LogP contribution in [0.15, 0.2) is 0 Å². The first-order chi connectivity index (χ1) is 9.65. The molecule has 0 aromatic carbocycles. The molecule has 4 aliphatic carbocycles. The fraction of sp³-hybridized carbons (Fsp3) is 0.867. The van der Waals surface area contributed by atoms with Gasteiger partial charge in [-0.05, 0) is 74.9 Å². The van der Waals surface area contributed by atoms with Crippen LogP contribution in [-0.4, -0.2) is 30.3 Å². The summed E-state index contributed by atoms with van der Waals surface area (Å²) in [5.41, 5.74) is 0. The highest BCUT2D eigenvalue weighted by Crippen LogP contribution is 2.53. The minimum Gasteiger partial charge on any atom is -0.465 e. The molecule has 5 heteroatoms. The van der Waals surface area contributed by atoms with Gasteiger partial charge in [0, 0.05) is 6.04 Å². The average Bonchev–Trinajstić information content (AvgIpc) is 2.40. The molecule has 4 fully saturated rings. The van der Waals surface area contributed by atoms with E-state index in [0.29, 0.717) is 17.8 Å². The third kappa shape index (κ3) is 2.92. The quantitative estimate of drug-likeness (QED) is 0.612. The molecular weight excluding hydrogens is 272 g/mol. The number of hydrogen-bond acceptors (Lipinski definition) is 3. The summed E-state index contributed by atoms with van der Waals surface area (Å²) in [6.07, 6.45) is 6.93. The Morgan fingerprint density at radius 1 is 1.15 bits per heavy atom. The summed E-state index contributed by atoms with van der Waals surface area (Å²) in [6.45, 7) is 2.38. The van der Waals surface area contributed by atoms with Crippen molar-refractivity contribution in [3.05, 3.63) is 0 Å². The van der Waals surface area contributed by atoms with Crippen molar-refractivity contribution in [3.8, 4) is 0 Å². The first-order valence-corrected chi connectivity index (χ1v) is 8.26. The van der Waals surface area contributed by atoms with Crippen LogP contribution in [-0.2, 0) is 9.53 Å². The van der Waals surface area contributed by atoms with Crippen molar-refractivity contribution in [2.24, 2.45) is 23.7 Å². The zero-order valence-corrected chi connectivity index (χ0v) is 12.9. The lowest BCUT2D eigenvalue weighted by Crippen LogP contribution is -2.57. The second kappa shape index (κ2) is 5.88. The molecule has 0 amide bonds. The molecule has 4 saturated carbocycles. The zero-order chi connectivity index (χ0) is 14.1. The lowest BCUT2D eigenvalue weighted by molar-refractivity contribution is -0.141. The van der Waals surface area contributed by atoms with Gasteiger partial charge in [0.1, 0.15) is 6.54 Å². The number of thiocarbonyl (C=S) groups is 1. The van der Waals surface area contributed by atoms with Crippen LogP contribution in [0.4, 0.5) is 0 Å². The Morgan fingerprint density at radius 2 is 1.75 bits per heavy atom. The number of rotatable bonds is 4. The second-order valence-electron chi connectivity index (χ2n) is 6.59. The fourth-order valence-electron chi connectivity index (χ4n) is 4.73. The van der Waals surface area contributed by atoms with Gasteiger partial charge in [0.15, 0.2) is 5.11 Å². The van der Waals surface area contributed by atoms with Crippen molar-refractivity contribution in [1.82, 2.24) is 10.6 Å². The predicted molar refractivity (Wildman–Crippen MR) is 81.2 cm³/mol. The van der Waals surface area contributed by atoms with Gasteiger partial charge in [0.25, 0.3) is 0 Å². The van der Waals surface area contributed by atoms with E-state index < -0.39 is 0 Å². The van der Waals surface area contributed by atoms with Gasteiger partial charge in [0.05, 0.1) is 6.61 Å². The van der Waals surface area contributed by atoms with Gasteiger partial charge in [-0.15, -0.1) is 0 Å². The van der Waals surface area contributed by atoms with E-state index in [1.807, 2.05) is 6.92 Å². The maximum atomic E-state index is 11.3. The van der Waals surface area contributed by atoms with Crippen LogP contribution < -0.4 is 10.6 Å². The second-order valence-corrected chi connectivity index (χ2v) is 7.00. The normalized spacial score (nSPS) is 37.5. The third-order valence-corrected chi connectivity index (χ3v) is 5.49. The van der Waals surface area contributed by atoms with E-state index in [4.69, 9.17) is 17.0 Å². The van der Waals surface area contributed by atoms with Gasteiger partial charge < -0.3 is 15.4 Å². The molecule has 0 saturated heterocycles. The summed E-state index contributed by atoms with van der Waals surface area (Å²) in [7, 11) is 0. The third-order valence-electron chi connectivity index (χ3n) is 5.22. The van der Waals surface area contributed by atoms with Crippen LogP contribution in [0, 0.1) is 23.7 Å². The van der Waals surface area contributed by atoms with Gasteiger partial charge in [-0.25, -0.2) is 0 Å². The predicted octanol–water partition coefficient (Wildman–Crippen LogP) is 1.84. The molecule has 0 aromatic heterocycles. The van der Waals surface area contributed by atoms with Gasteiger partial charge in [-0.2, -0.15) is 0 Å². The van der Waals surface area contributed by atoms with Crippen LogP contribution >= 0.6 is 12.2 Å². The Morgan fingerprint density at radius 3 is 2.30 bits per heavy atom. The molecule has 0 heterocycles. The summed E-state index contributed by atoms with van der Waals surface area (Å²) in [5, 5.41) is 7.05. The Balaban J connectivity index is 1.48. The van der Waals surface area contributed by atoms with Gasteiger partial charge in [0.2, 0.25) is 0 Å². The molecule has 20 heavy (non-hydrogen) atoms. The van der Waals surface area contributed by atoms with E-state index in [9.17, 15) is 4.79 Å². The first kappa shape index (κ1) is 14.1. The highest BCUT2D eigenvalue weighted by molar-refractivity contribution is 7.80. The molecule has 4 nitrogen and oxygen atoms in total. The van der Waals surface area contributed by atoms with Crippen LogP contribution in [0.2, 0.25) is 0 Å². The number of ether oxygens (including phenoxy) is 1. The van der Waals surface area contributed by atoms with Gasteiger partial charge >= 0.3 is 5.97 Å². The number of carbonyl (C=O) groups excluding carboxylic acids is 1. The minimum atomic E-state index is -0.248. The lowest BCUT2D eigenvalue weighted by atomic mass is 9.54. The molecule has 4 rings (SSSR count). The molecule has 4 bridgehead atoms. The number of nitrogens with one attached hydrogen (secondary N) is 2. The van der Waals surface area contributed by atoms with E-state index in [1.165, 1.54) is 32.1 Å². The number of hydrogen-bond donors (Lipinski definition) is 2. The minimum absolute atomic E-state index is 0.160. The highest BCUT2D eigenvalue weighted by Gasteiger charge is 2.48. The molecule has 4 aliphatic rings. The topological polar surface area (TPSA) is 50.4 Å². The summed E-state index contributed by atoms with van der Waals surface area (Å²) in [5.74, 6) is 3.26. The summed E-state index contributed by atoms with van der Waals surface area (Å²) >= 11 is 5.33. The zero-order valence-electron chi connectivity index (χ0n) is 12.1. The van der Waals surface area contributed by atoms with Gasteiger partial charge in [-0.1, -0.05) is 0 Å². The number of esters is 1. The average molecular weight is 296 g/mol. The molecule has 0 aromatic rings. The maximum absolute atomic E-state index is 11.3. The van der Waals surface area contributed by atoms with E-state index >= 15 is 0 Å². The highest BCUT2D eigenvalue weighted by atomic mass is 32.1. The van der Waals surface area contributed by atoms with Gasteiger partial charge in [-0.3, -0.25) is 4.79 Å². The largest absolute Gasteiger partial charge is 0.465 e. The Hall–Kier alpha value is -0.840. The molecule has 2 N–H and O–H groups in total. The van der Waals surface area contributed by atoms with Crippen molar-refractivity contribution in [3.63, 3.8) is 0 Å². The molecule has 0 atom stereocenters. The van der Waals surface area contributed by atoms with Crippen LogP contribution in [0.25, 0.3) is 0 Å². The molecule has 0 radical (unpaired) electrons.